The molecule has 2 fully saturated rings. The topological polar surface area (TPSA) is 21.3 Å². The SMILES string of the molecule is FC(F)(F)c1ccc(Cl)c(NC2CCOC3(CCC3)C2)c1. The van der Waals surface area contributed by atoms with Gasteiger partial charge < -0.3 is 10.1 Å². The minimum atomic E-state index is -4.36. The van der Waals surface area contributed by atoms with Crippen molar-refractivity contribution in [1.82, 2.24) is 0 Å². The summed E-state index contributed by atoms with van der Waals surface area (Å²) in [6.07, 6.45) is 0.514. The van der Waals surface area contributed by atoms with E-state index in [-0.39, 0.29) is 11.6 Å². The van der Waals surface area contributed by atoms with Crippen molar-refractivity contribution in [2.24, 2.45) is 0 Å². The van der Waals surface area contributed by atoms with Crippen molar-refractivity contribution in [3.63, 3.8) is 0 Å². The molecule has 1 saturated carbocycles. The first-order chi connectivity index (χ1) is 9.88. The van der Waals surface area contributed by atoms with Crippen molar-refractivity contribution in [3.05, 3.63) is 28.8 Å². The Morgan fingerprint density at radius 1 is 1.29 bits per heavy atom. The summed E-state index contributed by atoms with van der Waals surface area (Å²) in [7, 11) is 0. The second-order valence-electron chi connectivity index (χ2n) is 5.91. The van der Waals surface area contributed by atoms with Crippen LogP contribution in [-0.2, 0) is 10.9 Å². The number of rotatable bonds is 2. The molecule has 1 spiro atoms. The Labute approximate surface area is 126 Å². The first-order valence-corrected chi connectivity index (χ1v) is 7.53. The van der Waals surface area contributed by atoms with Gasteiger partial charge in [-0.3, -0.25) is 0 Å². The van der Waals surface area contributed by atoms with Crippen molar-refractivity contribution in [1.29, 1.82) is 0 Å². The zero-order valence-corrected chi connectivity index (χ0v) is 12.2. The van der Waals surface area contributed by atoms with Gasteiger partial charge in [0.2, 0.25) is 0 Å². The summed E-state index contributed by atoms with van der Waals surface area (Å²) in [5, 5.41) is 3.49. The van der Waals surface area contributed by atoms with E-state index < -0.39 is 11.7 Å². The Kier molecular flexibility index (Phi) is 3.82. The fraction of sp³-hybridized carbons (Fsp3) is 0.600. The second-order valence-corrected chi connectivity index (χ2v) is 6.32. The van der Waals surface area contributed by atoms with Gasteiger partial charge in [0.15, 0.2) is 0 Å². The van der Waals surface area contributed by atoms with Crippen molar-refractivity contribution in [2.75, 3.05) is 11.9 Å². The van der Waals surface area contributed by atoms with E-state index in [1.54, 1.807) is 0 Å². The van der Waals surface area contributed by atoms with Gasteiger partial charge in [-0.15, -0.1) is 0 Å². The van der Waals surface area contributed by atoms with Gasteiger partial charge in [-0.2, -0.15) is 13.2 Å². The van der Waals surface area contributed by atoms with Crippen LogP contribution in [0.2, 0.25) is 5.02 Å². The van der Waals surface area contributed by atoms with Crippen LogP contribution >= 0.6 is 11.6 Å². The van der Waals surface area contributed by atoms with Gasteiger partial charge in [0.25, 0.3) is 0 Å². The molecule has 6 heteroatoms. The first-order valence-electron chi connectivity index (χ1n) is 7.15. The van der Waals surface area contributed by atoms with Crippen LogP contribution in [0.25, 0.3) is 0 Å². The number of nitrogens with one attached hydrogen (secondary N) is 1. The molecule has 1 aliphatic carbocycles. The molecule has 1 heterocycles. The van der Waals surface area contributed by atoms with Crippen molar-refractivity contribution < 1.29 is 17.9 Å². The summed E-state index contributed by atoms with van der Waals surface area (Å²) in [5.74, 6) is 0. The summed E-state index contributed by atoms with van der Waals surface area (Å²) in [6.45, 7) is 0.647. The lowest BCUT2D eigenvalue weighted by atomic mass is 9.74. The molecule has 1 saturated heterocycles. The molecular weight excluding hydrogens is 303 g/mol. The van der Waals surface area contributed by atoms with Gasteiger partial charge in [-0.05, 0) is 50.3 Å². The number of hydrogen-bond donors (Lipinski definition) is 1. The normalized spacial score (nSPS) is 24.7. The largest absolute Gasteiger partial charge is 0.416 e. The zero-order valence-electron chi connectivity index (χ0n) is 11.5. The van der Waals surface area contributed by atoms with E-state index in [1.807, 2.05) is 0 Å². The number of benzene rings is 1. The number of hydrogen-bond acceptors (Lipinski definition) is 2. The molecule has 1 atom stereocenters. The Hall–Kier alpha value is -0.940. The first kappa shape index (κ1) is 15.0. The van der Waals surface area contributed by atoms with Gasteiger partial charge in [-0.1, -0.05) is 11.6 Å². The van der Waals surface area contributed by atoms with Gasteiger partial charge in [0, 0.05) is 12.6 Å². The molecule has 3 rings (SSSR count). The Bertz CT molecular complexity index is 528. The van der Waals surface area contributed by atoms with E-state index in [1.165, 1.54) is 6.07 Å². The number of anilines is 1. The summed E-state index contributed by atoms with van der Waals surface area (Å²) in [4.78, 5) is 0. The lowest BCUT2D eigenvalue weighted by Gasteiger charge is -2.47. The van der Waals surface area contributed by atoms with Gasteiger partial charge in [0.05, 0.1) is 21.9 Å². The molecule has 2 nitrogen and oxygen atoms in total. The average Bonchev–Trinajstić information content (AvgIpc) is 2.38. The smallest absolute Gasteiger partial charge is 0.381 e. The van der Waals surface area contributed by atoms with E-state index in [0.29, 0.717) is 17.3 Å². The molecular formula is C15H17ClF3NO. The van der Waals surface area contributed by atoms with Crippen LogP contribution in [0.15, 0.2) is 18.2 Å². The third-order valence-electron chi connectivity index (χ3n) is 4.41. The fourth-order valence-corrected chi connectivity index (χ4v) is 3.27. The summed E-state index contributed by atoms with van der Waals surface area (Å²) < 4.78 is 44.1. The molecule has 116 valence electrons. The molecule has 1 aromatic rings. The van der Waals surface area contributed by atoms with Gasteiger partial charge in [0.1, 0.15) is 0 Å². The molecule has 0 aromatic heterocycles. The monoisotopic (exact) mass is 319 g/mol. The highest BCUT2D eigenvalue weighted by atomic mass is 35.5. The van der Waals surface area contributed by atoms with Crippen LogP contribution in [0.1, 0.15) is 37.7 Å². The predicted octanol–water partition coefficient (Wildman–Crippen LogP) is 4.87. The van der Waals surface area contributed by atoms with Crippen molar-refractivity contribution >= 4 is 17.3 Å². The van der Waals surface area contributed by atoms with E-state index in [4.69, 9.17) is 16.3 Å². The third-order valence-corrected chi connectivity index (χ3v) is 4.74. The molecule has 21 heavy (non-hydrogen) atoms. The Morgan fingerprint density at radius 2 is 2.05 bits per heavy atom. The molecule has 0 radical (unpaired) electrons. The minimum Gasteiger partial charge on any atom is -0.381 e. The molecule has 0 bridgehead atoms. The van der Waals surface area contributed by atoms with Gasteiger partial charge in [-0.25, -0.2) is 0 Å². The standard InChI is InChI=1S/C15H17ClF3NO/c16-12-3-2-10(15(17,18)19)8-13(12)20-11-4-7-21-14(9-11)5-1-6-14/h2-3,8,11,20H,1,4-7,9H2. The molecule has 1 aromatic carbocycles. The third kappa shape index (κ3) is 3.14. The highest BCUT2D eigenvalue weighted by Crippen LogP contribution is 2.43. The van der Waals surface area contributed by atoms with E-state index in [9.17, 15) is 13.2 Å². The van der Waals surface area contributed by atoms with Gasteiger partial charge >= 0.3 is 6.18 Å². The number of alkyl halides is 3. The van der Waals surface area contributed by atoms with Crippen LogP contribution in [0.4, 0.5) is 18.9 Å². The quantitative estimate of drug-likeness (QED) is 0.839. The van der Waals surface area contributed by atoms with Crippen LogP contribution in [0.3, 0.4) is 0 Å². The fourth-order valence-electron chi connectivity index (χ4n) is 3.10. The number of halogens is 4. The van der Waals surface area contributed by atoms with Crippen LogP contribution < -0.4 is 5.32 Å². The van der Waals surface area contributed by atoms with E-state index in [2.05, 4.69) is 5.32 Å². The maximum atomic E-state index is 12.8. The molecule has 1 N–H and O–H groups in total. The average molecular weight is 320 g/mol. The van der Waals surface area contributed by atoms with Crippen molar-refractivity contribution in [3.8, 4) is 0 Å². The van der Waals surface area contributed by atoms with E-state index in [0.717, 1.165) is 44.2 Å². The molecule has 0 amide bonds. The minimum absolute atomic E-state index is 0.0516. The van der Waals surface area contributed by atoms with Crippen LogP contribution in [0.5, 0.6) is 0 Å². The molecule has 1 aliphatic heterocycles. The highest BCUT2D eigenvalue weighted by molar-refractivity contribution is 6.33. The Morgan fingerprint density at radius 3 is 2.67 bits per heavy atom. The van der Waals surface area contributed by atoms with Crippen LogP contribution in [-0.4, -0.2) is 18.2 Å². The summed E-state index contributed by atoms with van der Waals surface area (Å²) in [5.41, 5.74) is -0.378. The lowest BCUT2D eigenvalue weighted by molar-refractivity contribution is -0.137. The summed E-state index contributed by atoms with van der Waals surface area (Å²) in [6, 6.07) is 3.50. The second kappa shape index (κ2) is 5.36. The lowest BCUT2D eigenvalue weighted by Crippen LogP contribution is -2.49. The highest BCUT2D eigenvalue weighted by Gasteiger charge is 2.42. The summed E-state index contributed by atoms with van der Waals surface area (Å²) >= 11 is 6.02. The number of ether oxygens (including phenoxy) is 1. The zero-order chi connectivity index (χ0) is 15.1. The van der Waals surface area contributed by atoms with Crippen molar-refractivity contribution in [2.45, 2.75) is 49.9 Å². The maximum Gasteiger partial charge on any atom is 0.416 e. The Balaban J connectivity index is 1.75. The predicted molar refractivity (Wildman–Crippen MR) is 75.6 cm³/mol. The molecule has 2 aliphatic rings. The maximum absolute atomic E-state index is 12.8. The van der Waals surface area contributed by atoms with Crippen LogP contribution in [0, 0.1) is 0 Å². The van der Waals surface area contributed by atoms with E-state index >= 15 is 0 Å². The molecule has 1 unspecified atom stereocenters.